The number of sulfonamides is 1. The summed E-state index contributed by atoms with van der Waals surface area (Å²) in [6.45, 7) is 1.39. The Kier molecular flexibility index (Phi) is 6.29. The molecule has 0 aliphatic heterocycles. The number of benzene rings is 1. The number of carbonyl (C=O) groups excluding carboxylic acids is 1. The Morgan fingerprint density at radius 1 is 1.35 bits per heavy atom. The van der Waals surface area contributed by atoms with E-state index >= 15 is 0 Å². The molecular weight excluding hydrogens is 356 g/mol. The molecule has 1 aromatic carbocycles. The predicted molar refractivity (Wildman–Crippen MR) is 99.9 cm³/mol. The van der Waals surface area contributed by atoms with Crippen LogP contribution in [0.5, 0.6) is 5.75 Å². The van der Waals surface area contributed by atoms with Crippen LogP contribution in [0.2, 0.25) is 0 Å². The maximum atomic E-state index is 12.2. The van der Waals surface area contributed by atoms with Crippen molar-refractivity contribution in [1.29, 1.82) is 0 Å². The molecule has 0 saturated carbocycles. The number of aryl methyl sites for hydroxylation is 1. The average molecular weight is 376 g/mol. The number of nitrogens with one attached hydrogen (secondary N) is 1. The molecule has 26 heavy (non-hydrogen) atoms. The van der Waals surface area contributed by atoms with Crippen LogP contribution in [0.3, 0.4) is 0 Å². The quantitative estimate of drug-likeness (QED) is 0.580. The first-order valence-corrected chi connectivity index (χ1v) is 9.51. The topological polar surface area (TPSA) is 101 Å². The molecule has 0 aliphatic rings. The number of rotatable bonds is 7. The van der Waals surface area contributed by atoms with Gasteiger partial charge >= 0.3 is 0 Å². The number of carbonyl (C=O) groups is 1. The van der Waals surface area contributed by atoms with Crippen LogP contribution in [0.4, 0.5) is 5.69 Å². The maximum Gasteiger partial charge on any atom is 0.260 e. The lowest BCUT2D eigenvalue weighted by molar-refractivity contribution is -0.119. The summed E-state index contributed by atoms with van der Waals surface area (Å²) < 4.78 is 30.6. The Balaban J connectivity index is 2.18. The van der Waals surface area contributed by atoms with Crippen LogP contribution < -0.4 is 14.5 Å². The minimum absolute atomic E-state index is 0.291. The molecule has 0 atom stereocenters. The number of pyridine rings is 1. The Hall–Kier alpha value is -2.94. The number of hydrogen-bond acceptors (Lipinski definition) is 6. The van der Waals surface area contributed by atoms with E-state index in [-0.39, 0.29) is 0 Å². The molecule has 0 aliphatic carbocycles. The number of methoxy groups -OCH3 is 1. The second-order valence-electron chi connectivity index (χ2n) is 5.49. The Labute approximate surface area is 152 Å². The van der Waals surface area contributed by atoms with Gasteiger partial charge in [0.2, 0.25) is 10.0 Å². The van der Waals surface area contributed by atoms with Crippen molar-refractivity contribution in [3.05, 3.63) is 53.9 Å². The van der Waals surface area contributed by atoms with Crippen molar-refractivity contribution in [1.82, 2.24) is 10.4 Å². The van der Waals surface area contributed by atoms with Crippen LogP contribution in [0.25, 0.3) is 0 Å². The molecular formula is C17H20N4O4S. The van der Waals surface area contributed by atoms with E-state index in [0.717, 1.165) is 16.1 Å². The van der Waals surface area contributed by atoms with Gasteiger partial charge in [-0.1, -0.05) is 12.1 Å². The number of ether oxygens (including phenoxy) is 1. The third-order valence-electron chi connectivity index (χ3n) is 3.36. The highest BCUT2D eigenvalue weighted by molar-refractivity contribution is 7.92. The van der Waals surface area contributed by atoms with E-state index in [1.165, 1.54) is 13.3 Å². The van der Waals surface area contributed by atoms with Gasteiger partial charge in [-0.15, -0.1) is 0 Å². The zero-order valence-electron chi connectivity index (χ0n) is 14.7. The van der Waals surface area contributed by atoms with E-state index in [2.05, 4.69) is 15.5 Å². The average Bonchev–Trinajstić information content (AvgIpc) is 2.59. The fraction of sp³-hybridized carbons (Fsp3) is 0.235. The zero-order chi connectivity index (χ0) is 19.2. The molecule has 1 N–H and O–H groups in total. The minimum atomic E-state index is -3.71. The largest absolute Gasteiger partial charge is 0.495 e. The number of nitrogens with zero attached hydrogens (tertiary/aromatic N) is 3. The van der Waals surface area contributed by atoms with Crippen LogP contribution in [0.1, 0.15) is 11.3 Å². The lowest BCUT2D eigenvalue weighted by Crippen LogP contribution is -2.39. The minimum Gasteiger partial charge on any atom is -0.495 e. The van der Waals surface area contributed by atoms with E-state index in [1.54, 1.807) is 42.6 Å². The van der Waals surface area contributed by atoms with Crippen molar-refractivity contribution in [3.8, 4) is 5.75 Å². The summed E-state index contributed by atoms with van der Waals surface area (Å²) in [6, 6.07) is 10.3. The van der Waals surface area contributed by atoms with E-state index in [4.69, 9.17) is 4.74 Å². The summed E-state index contributed by atoms with van der Waals surface area (Å²) in [5.74, 6) is -0.239. The van der Waals surface area contributed by atoms with Gasteiger partial charge < -0.3 is 4.74 Å². The third kappa shape index (κ3) is 5.28. The summed E-state index contributed by atoms with van der Waals surface area (Å²) in [6.07, 6.45) is 3.99. The molecule has 0 spiro atoms. The van der Waals surface area contributed by atoms with Gasteiger partial charge in [0.15, 0.2) is 0 Å². The fourth-order valence-corrected chi connectivity index (χ4v) is 3.02. The second kappa shape index (κ2) is 8.43. The van der Waals surface area contributed by atoms with E-state index in [0.29, 0.717) is 17.1 Å². The highest BCUT2D eigenvalue weighted by atomic mass is 32.2. The predicted octanol–water partition coefficient (Wildman–Crippen LogP) is 1.31. The molecule has 1 amide bonds. The number of hydrazone groups is 1. The standard InChI is InChI=1S/C17H20N4O4S/c1-13-7-8-16(25-2)15(10-13)21(26(3,23)24)12-17(22)20-19-11-14-6-4-5-9-18-14/h4-11H,12H2,1-3H3,(H,20,22)/b19-11-. The van der Waals surface area contributed by atoms with E-state index < -0.39 is 22.5 Å². The van der Waals surface area contributed by atoms with Gasteiger partial charge in [-0.3, -0.25) is 14.1 Å². The lowest BCUT2D eigenvalue weighted by Gasteiger charge is -2.23. The molecule has 1 aromatic heterocycles. The number of amides is 1. The first kappa shape index (κ1) is 19.4. The van der Waals surface area contributed by atoms with Crippen molar-refractivity contribution >= 4 is 27.8 Å². The second-order valence-corrected chi connectivity index (χ2v) is 7.40. The molecule has 0 fully saturated rings. The molecule has 0 unspecified atom stereocenters. The molecule has 138 valence electrons. The highest BCUT2D eigenvalue weighted by Gasteiger charge is 2.24. The van der Waals surface area contributed by atoms with Crippen molar-refractivity contribution in [2.24, 2.45) is 5.10 Å². The maximum absolute atomic E-state index is 12.2. The number of hydrogen-bond donors (Lipinski definition) is 1. The Morgan fingerprint density at radius 2 is 2.12 bits per heavy atom. The van der Waals surface area contributed by atoms with Gasteiger partial charge in [-0.2, -0.15) is 5.10 Å². The summed E-state index contributed by atoms with van der Waals surface area (Å²) in [4.78, 5) is 16.2. The Bertz CT molecular complexity index is 898. The van der Waals surface area contributed by atoms with E-state index in [9.17, 15) is 13.2 Å². The van der Waals surface area contributed by atoms with Crippen LogP contribution in [0.15, 0.2) is 47.7 Å². The number of anilines is 1. The Morgan fingerprint density at radius 3 is 2.73 bits per heavy atom. The van der Waals surface area contributed by atoms with Crippen molar-refractivity contribution in [3.63, 3.8) is 0 Å². The van der Waals surface area contributed by atoms with Crippen LogP contribution in [0, 0.1) is 6.92 Å². The molecule has 2 aromatic rings. The third-order valence-corrected chi connectivity index (χ3v) is 4.49. The van der Waals surface area contributed by atoms with Crippen LogP contribution in [-0.4, -0.2) is 45.4 Å². The van der Waals surface area contributed by atoms with Gasteiger partial charge in [0.25, 0.3) is 5.91 Å². The van der Waals surface area contributed by atoms with Crippen molar-refractivity contribution in [2.45, 2.75) is 6.92 Å². The first-order valence-electron chi connectivity index (χ1n) is 7.66. The smallest absolute Gasteiger partial charge is 0.260 e. The monoisotopic (exact) mass is 376 g/mol. The summed E-state index contributed by atoms with van der Waals surface area (Å²) in [5, 5.41) is 3.79. The molecule has 0 saturated heterocycles. The number of aromatic nitrogens is 1. The lowest BCUT2D eigenvalue weighted by atomic mass is 10.2. The normalized spacial score (nSPS) is 11.3. The van der Waals surface area contributed by atoms with E-state index in [1.807, 2.05) is 6.92 Å². The van der Waals surface area contributed by atoms with Gasteiger partial charge in [0.1, 0.15) is 12.3 Å². The summed E-state index contributed by atoms with van der Waals surface area (Å²) in [7, 11) is -2.27. The van der Waals surface area contributed by atoms with Gasteiger partial charge in [-0.05, 0) is 36.8 Å². The van der Waals surface area contributed by atoms with Crippen LogP contribution in [-0.2, 0) is 14.8 Å². The van der Waals surface area contributed by atoms with Gasteiger partial charge in [0, 0.05) is 6.20 Å². The fourth-order valence-electron chi connectivity index (χ4n) is 2.16. The first-order chi connectivity index (χ1) is 12.3. The summed E-state index contributed by atoms with van der Waals surface area (Å²) in [5.41, 5.74) is 3.99. The molecule has 2 rings (SSSR count). The van der Waals surface area contributed by atoms with Crippen molar-refractivity contribution in [2.75, 3.05) is 24.2 Å². The zero-order valence-corrected chi connectivity index (χ0v) is 15.5. The molecule has 0 bridgehead atoms. The molecule has 1 heterocycles. The molecule has 0 radical (unpaired) electrons. The van der Waals surface area contributed by atoms with Gasteiger partial charge in [-0.25, -0.2) is 13.8 Å². The van der Waals surface area contributed by atoms with Crippen molar-refractivity contribution < 1.29 is 17.9 Å². The summed E-state index contributed by atoms with van der Waals surface area (Å²) >= 11 is 0. The van der Waals surface area contributed by atoms with Gasteiger partial charge in [0.05, 0.1) is 31.0 Å². The highest BCUT2D eigenvalue weighted by Crippen LogP contribution is 2.30. The SMILES string of the molecule is COc1ccc(C)cc1N(CC(=O)N/N=C\c1ccccn1)S(C)(=O)=O. The molecule has 8 nitrogen and oxygen atoms in total. The van der Waals surface area contributed by atoms with Crippen LogP contribution >= 0.6 is 0 Å². The molecule has 9 heteroatoms.